The molecule has 3 atom stereocenters. The van der Waals surface area contributed by atoms with Crippen LogP contribution in [-0.2, 0) is 21.1 Å². The molecule has 1 amide bonds. The van der Waals surface area contributed by atoms with E-state index < -0.39 is 20.5 Å². The lowest BCUT2D eigenvalue weighted by Crippen LogP contribution is -2.49. The summed E-state index contributed by atoms with van der Waals surface area (Å²) in [6.07, 6.45) is 6.76. The van der Waals surface area contributed by atoms with Gasteiger partial charge in [0, 0.05) is 12.9 Å². The number of aryl methyl sites for hydroxylation is 1. The quantitative estimate of drug-likeness (QED) is 0.408. The van der Waals surface area contributed by atoms with Crippen molar-refractivity contribution in [2.45, 2.75) is 30.9 Å². The standard InChI is InChI=1S/C24H29NO5S/c1-24(23(27)25-28,31(2,29)30)14-13-18-5-10-20(11-6-18)19-8-3-17(4-9-19)7-12-21-15-22(21)16-26/h3-12,21-22,26,28H,13-16H2,1-2H3,(H,25,27)/b12-7+/t21-,22+,24?/m1/s1. The van der Waals surface area contributed by atoms with Gasteiger partial charge in [0.2, 0.25) is 0 Å². The van der Waals surface area contributed by atoms with Gasteiger partial charge in [-0.2, -0.15) is 0 Å². The van der Waals surface area contributed by atoms with E-state index in [1.807, 2.05) is 24.3 Å². The molecule has 0 radical (unpaired) electrons. The molecule has 3 N–H and O–H groups in total. The summed E-state index contributed by atoms with van der Waals surface area (Å²) in [5.74, 6) is -0.0121. The van der Waals surface area contributed by atoms with Crippen molar-refractivity contribution in [3.63, 3.8) is 0 Å². The Morgan fingerprint density at radius 2 is 1.71 bits per heavy atom. The van der Waals surface area contributed by atoms with E-state index in [1.165, 1.54) is 12.4 Å². The molecular formula is C24H29NO5S. The van der Waals surface area contributed by atoms with Gasteiger partial charge in [-0.25, -0.2) is 13.9 Å². The molecule has 7 heteroatoms. The summed E-state index contributed by atoms with van der Waals surface area (Å²) in [6, 6.07) is 16.0. The Labute approximate surface area is 183 Å². The highest BCUT2D eigenvalue weighted by molar-refractivity contribution is 7.92. The highest BCUT2D eigenvalue weighted by atomic mass is 32.2. The van der Waals surface area contributed by atoms with Gasteiger partial charge in [0.05, 0.1) is 0 Å². The molecule has 1 aliphatic carbocycles. The maximum absolute atomic E-state index is 12.1. The molecule has 0 aliphatic heterocycles. The van der Waals surface area contributed by atoms with Crippen molar-refractivity contribution >= 4 is 21.8 Å². The van der Waals surface area contributed by atoms with Crippen molar-refractivity contribution in [2.24, 2.45) is 11.8 Å². The minimum absolute atomic E-state index is 0.0662. The van der Waals surface area contributed by atoms with Gasteiger partial charge >= 0.3 is 0 Å². The number of hydrogen-bond donors (Lipinski definition) is 3. The molecule has 0 saturated heterocycles. The Morgan fingerprint density at radius 3 is 2.19 bits per heavy atom. The fourth-order valence-electron chi connectivity index (χ4n) is 3.57. The Kier molecular flexibility index (Phi) is 6.99. The molecule has 0 aromatic heterocycles. The van der Waals surface area contributed by atoms with Crippen molar-refractivity contribution < 1.29 is 23.5 Å². The number of hydrogen-bond acceptors (Lipinski definition) is 5. The van der Waals surface area contributed by atoms with E-state index in [2.05, 4.69) is 36.4 Å². The third kappa shape index (κ3) is 5.42. The average molecular weight is 444 g/mol. The number of allylic oxidation sites excluding steroid dienone is 1. The van der Waals surface area contributed by atoms with E-state index in [-0.39, 0.29) is 13.0 Å². The molecule has 0 bridgehead atoms. The van der Waals surface area contributed by atoms with E-state index in [1.54, 1.807) is 0 Å². The predicted molar refractivity (Wildman–Crippen MR) is 121 cm³/mol. The lowest BCUT2D eigenvalue weighted by atomic mass is 9.97. The van der Waals surface area contributed by atoms with Gasteiger partial charge < -0.3 is 5.11 Å². The van der Waals surface area contributed by atoms with E-state index in [0.717, 1.165) is 34.9 Å². The normalized spacial score (nSPS) is 20.4. The summed E-state index contributed by atoms with van der Waals surface area (Å²) in [5.41, 5.74) is 5.61. The van der Waals surface area contributed by atoms with Crippen molar-refractivity contribution in [1.29, 1.82) is 0 Å². The smallest absolute Gasteiger partial charge is 0.264 e. The fraction of sp³-hybridized carbons (Fsp3) is 0.375. The first-order chi connectivity index (χ1) is 14.7. The van der Waals surface area contributed by atoms with Crippen LogP contribution in [0.2, 0.25) is 0 Å². The molecule has 6 nitrogen and oxygen atoms in total. The van der Waals surface area contributed by atoms with E-state index >= 15 is 0 Å². The van der Waals surface area contributed by atoms with Gasteiger partial charge in [0.25, 0.3) is 5.91 Å². The van der Waals surface area contributed by atoms with Crippen LogP contribution in [-0.4, -0.2) is 42.2 Å². The summed E-state index contributed by atoms with van der Waals surface area (Å²) in [7, 11) is -3.70. The lowest BCUT2D eigenvalue weighted by molar-refractivity contribution is -0.131. The van der Waals surface area contributed by atoms with Crippen LogP contribution >= 0.6 is 0 Å². The number of benzene rings is 2. The Morgan fingerprint density at radius 1 is 1.13 bits per heavy atom. The topological polar surface area (TPSA) is 104 Å². The minimum atomic E-state index is -3.70. The number of amides is 1. The van der Waals surface area contributed by atoms with E-state index in [4.69, 9.17) is 10.3 Å². The molecule has 3 rings (SSSR count). The first kappa shape index (κ1) is 23.2. The van der Waals surface area contributed by atoms with Crippen molar-refractivity contribution in [1.82, 2.24) is 5.48 Å². The largest absolute Gasteiger partial charge is 0.396 e. The van der Waals surface area contributed by atoms with Crippen LogP contribution < -0.4 is 5.48 Å². The van der Waals surface area contributed by atoms with Gasteiger partial charge in [-0.15, -0.1) is 0 Å². The van der Waals surface area contributed by atoms with E-state index in [9.17, 15) is 13.2 Å². The third-order valence-electron chi connectivity index (χ3n) is 6.24. The fourth-order valence-corrected chi connectivity index (χ4v) is 4.43. The second-order valence-corrected chi connectivity index (χ2v) is 10.9. The zero-order valence-electron chi connectivity index (χ0n) is 17.8. The number of nitrogens with one attached hydrogen (secondary N) is 1. The highest BCUT2D eigenvalue weighted by Gasteiger charge is 2.43. The van der Waals surface area contributed by atoms with Gasteiger partial charge in [0.15, 0.2) is 9.84 Å². The molecule has 31 heavy (non-hydrogen) atoms. The number of hydroxylamine groups is 1. The first-order valence-corrected chi connectivity index (χ1v) is 12.2. The number of aliphatic hydroxyl groups excluding tert-OH is 1. The number of carbonyl (C=O) groups excluding carboxylic acids is 1. The van der Waals surface area contributed by atoms with Crippen LogP contribution in [0, 0.1) is 11.8 Å². The maximum Gasteiger partial charge on any atom is 0.264 e. The molecule has 2 aromatic rings. The SMILES string of the molecule is CC(CCc1ccc(-c2ccc(/C=C/[C@@H]3C[C@H]3CO)cc2)cc1)(C(=O)NO)S(C)(=O)=O. The summed E-state index contributed by atoms with van der Waals surface area (Å²) in [6.45, 7) is 1.58. The minimum Gasteiger partial charge on any atom is -0.396 e. The van der Waals surface area contributed by atoms with Crippen LogP contribution in [0.4, 0.5) is 0 Å². The highest BCUT2D eigenvalue weighted by Crippen LogP contribution is 2.39. The molecule has 1 saturated carbocycles. The number of aliphatic hydroxyl groups is 1. The monoisotopic (exact) mass is 443 g/mol. The molecule has 166 valence electrons. The summed E-state index contributed by atoms with van der Waals surface area (Å²) in [4.78, 5) is 11.9. The zero-order chi connectivity index (χ0) is 22.6. The summed E-state index contributed by atoms with van der Waals surface area (Å²) >= 11 is 0. The molecule has 1 aliphatic rings. The Bertz CT molecular complexity index is 1040. The zero-order valence-corrected chi connectivity index (χ0v) is 18.6. The van der Waals surface area contributed by atoms with Gasteiger partial charge in [-0.1, -0.05) is 60.7 Å². The lowest BCUT2D eigenvalue weighted by Gasteiger charge is -2.25. The number of rotatable bonds is 9. The molecule has 1 unspecified atom stereocenters. The van der Waals surface area contributed by atoms with Crippen molar-refractivity contribution in [2.75, 3.05) is 12.9 Å². The first-order valence-electron chi connectivity index (χ1n) is 10.3. The van der Waals surface area contributed by atoms with Crippen LogP contribution in [0.1, 0.15) is 30.9 Å². The van der Waals surface area contributed by atoms with Crippen LogP contribution in [0.5, 0.6) is 0 Å². The van der Waals surface area contributed by atoms with Crippen LogP contribution in [0.15, 0.2) is 54.6 Å². The number of carbonyl (C=O) groups is 1. The van der Waals surface area contributed by atoms with Crippen LogP contribution in [0.3, 0.4) is 0 Å². The van der Waals surface area contributed by atoms with Crippen molar-refractivity contribution in [3.05, 3.63) is 65.7 Å². The van der Waals surface area contributed by atoms with Gasteiger partial charge in [-0.3, -0.25) is 10.0 Å². The maximum atomic E-state index is 12.1. The Balaban J connectivity index is 1.64. The second-order valence-electron chi connectivity index (χ2n) is 8.46. The number of sulfone groups is 1. The predicted octanol–water partition coefficient (Wildman–Crippen LogP) is 3.24. The van der Waals surface area contributed by atoms with E-state index in [0.29, 0.717) is 18.3 Å². The average Bonchev–Trinajstić information content (AvgIpc) is 3.54. The summed E-state index contributed by atoms with van der Waals surface area (Å²) < 4.78 is 22.5. The molecule has 0 spiro atoms. The third-order valence-corrected chi connectivity index (χ3v) is 8.26. The van der Waals surface area contributed by atoms with Gasteiger partial charge in [0.1, 0.15) is 4.75 Å². The second kappa shape index (κ2) is 9.34. The molecule has 0 heterocycles. The Hall–Kier alpha value is -2.48. The molecular weight excluding hydrogens is 414 g/mol. The summed E-state index contributed by atoms with van der Waals surface area (Å²) in [5, 5.41) is 18.0. The van der Waals surface area contributed by atoms with Crippen molar-refractivity contribution in [3.8, 4) is 11.1 Å². The van der Waals surface area contributed by atoms with Gasteiger partial charge in [-0.05, 0) is 60.3 Å². The van der Waals surface area contributed by atoms with Crippen LogP contribution in [0.25, 0.3) is 17.2 Å². The molecule has 1 fully saturated rings. The molecule has 2 aromatic carbocycles.